The van der Waals surface area contributed by atoms with Gasteiger partial charge in [-0.2, -0.15) is 0 Å². The Morgan fingerprint density at radius 3 is 2.52 bits per heavy atom. The van der Waals surface area contributed by atoms with Crippen molar-refractivity contribution in [3.05, 3.63) is 54.6 Å². The lowest BCUT2D eigenvalue weighted by molar-refractivity contribution is -0.139. The SMILES string of the molecule is COC(=O)C(Br)CNc1ccccc1Oc1ccccc1. The van der Waals surface area contributed by atoms with E-state index in [-0.39, 0.29) is 5.97 Å². The second kappa shape index (κ2) is 7.69. The molecule has 0 saturated heterocycles. The Balaban J connectivity index is 2.05. The molecule has 0 amide bonds. The number of hydrogen-bond acceptors (Lipinski definition) is 4. The summed E-state index contributed by atoms with van der Waals surface area (Å²) in [6.45, 7) is 0.405. The monoisotopic (exact) mass is 349 g/mol. The number of alkyl halides is 1. The molecule has 0 heterocycles. The van der Waals surface area contributed by atoms with E-state index in [2.05, 4.69) is 26.0 Å². The van der Waals surface area contributed by atoms with Crippen molar-refractivity contribution in [2.75, 3.05) is 19.0 Å². The summed E-state index contributed by atoms with van der Waals surface area (Å²) in [5.74, 6) is 1.15. The normalized spacial score (nSPS) is 11.5. The van der Waals surface area contributed by atoms with E-state index in [9.17, 15) is 4.79 Å². The quantitative estimate of drug-likeness (QED) is 0.636. The smallest absolute Gasteiger partial charge is 0.321 e. The average molecular weight is 350 g/mol. The molecule has 0 saturated carbocycles. The molecule has 0 radical (unpaired) electrons. The molecule has 1 N–H and O–H groups in total. The number of rotatable bonds is 6. The van der Waals surface area contributed by atoms with Gasteiger partial charge < -0.3 is 14.8 Å². The van der Waals surface area contributed by atoms with E-state index in [1.54, 1.807) is 0 Å². The van der Waals surface area contributed by atoms with Gasteiger partial charge in [0.2, 0.25) is 0 Å². The standard InChI is InChI=1S/C16H16BrNO3/c1-20-16(19)13(17)11-18-14-9-5-6-10-15(14)21-12-7-3-2-4-8-12/h2-10,13,18H,11H2,1H3. The molecule has 0 aliphatic carbocycles. The fraction of sp³-hybridized carbons (Fsp3) is 0.188. The molecule has 0 spiro atoms. The highest BCUT2D eigenvalue weighted by atomic mass is 79.9. The third-order valence-corrected chi connectivity index (χ3v) is 3.48. The number of esters is 1. The van der Waals surface area contributed by atoms with Gasteiger partial charge in [0.1, 0.15) is 10.6 Å². The van der Waals surface area contributed by atoms with Crippen LogP contribution < -0.4 is 10.1 Å². The summed E-state index contributed by atoms with van der Waals surface area (Å²) in [6, 6.07) is 17.1. The van der Waals surface area contributed by atoms with Crippen LogP contribution in [0.5, 0.6) is 11.5 Å². The number of nitrogens with one attached hydrogen (secondary N) is 1. The maximum Gasteiger partial charge on any atom is 0.321 e. The number of methoxy groups -OCH3 is 1. The van der Waals surface area contributed by atoms with Crippen molar-refractivity contribution in [1.82, 2.24) is 0 Å². The summed E-state index contributed by atoms with van der Waals surface area (Å²) in [6.07, 6.45) is 0. The topological polar surface area (TPSA) is 47.6 Å². The van der Waals surface area contributed by atoms with Crippen LogP contribution >= 0.6 is 15.9 Å². The van der Waals surface area contributed by atoms with E-state index >= 15 is 0 Å². The molecule has 2 aromatic carbocycles. The lowest BCUT2D eigenvalue weighted by atomic mass is 10.2. The van der Waals surface area contributed by atoms with E-state index in [4.69, 9.17) is 4.74 Å². The van der Waals surface area contributed by atoms with Crippen LogP contribution in [0, 0.1) is 0 Å². The molecule has 4 nitrogen and oxygen atoms in total. The molecule has 1 atom stereocenters. The van der Waals surface area contributed by atoms with E-state index in [0.717, 1.165) is 11.4 Å². The molecule has 5 heteroatoms. The van der Waals surface area contributed by atoms with E-state index < -0.39 is 4.83 Å². The van der Waals surface area contributed by atoms with Crippen LogP contribution in [0.25, 0.3) is 0 Å². The van der Waals surface area contributed by atoms with Crippen molar-refractivity contribution < 1.29 is 14.3 Å². The van der Waals surface area contributed by atoms with Gasteiger partial charge in [0.25, 0.3) is 0 Å². The average Bonchev–Trinajstić information content (AvgIpc) is 2.54. The molecule has 2 rings (SSSR count). The van der Waals surface area contributed by atoms with Crippen molar-refractivity contribution in [3.8, 4) is 11.5 Å². The highest BCUT2D eigenvalue weighted by Gasteiger charge is 2.15. The van der Waals surface area contributed by atoms with Crippen LogP contribution in [0.3, 0.4) is 0 Å². The van der Waals surface area contributed by atoms with E-state index in [1.165, 1.54) is 7.11 Å². The molecule has 0 fully saturated rings. The predicted molar refractivity (Wildman–Crippen MR) is 86.2 cm³/mol. The lowest BCUT2D eigenvalue weighted by Crippen LogP contribution is -2.24. The molecule has 2 aromatic rings. The van der Waals surface area contributed by atoms with Gasteiger partial charge in [-0.15, -0.1) is 0 Å². The van der Waals surface area contributed by atoms with Crippen LogP contribution in [0.2, 0.25) is 0 Å². The zero-order valence-electron chi connectivity index (χ0n) is 11.6. The Labute approximate surface area is 132 Å². The van der Waals surface area contributed by atoms with Gasteiger partial charge in [-0.1, -0.05) is 46.3 Å². The third kappa shape index (κ3) is 4.49. The molecular weight excluding hydrogens is 334 g/mol. The van der Waals surface area contributed by atoms with Crippen molar-refractivity contribution in [1.29, 1.82) is 0 Å². The summed E-state index contributed by atoms with van der Waals surface area (Å²) < 4.78 is 10.5. The Bertz CT molecular complexity index is 589. The van der Waals surface area contributed by atoms with Gasteiger partial charge in [-0.25, -0.2) is 0 Å². The number of halogens is 1. The van der Waals surface area contributed by atoms with E-state index in [0.29, 0.717) is 12.3 Å². The number of carbonyl (C=O) groups excluding carboxylic acids is 1. The highest BCUT2D eigenvalue weighted by molar-refractivity contribution is 9.10. The van der Waals surface area contributed by atoms with Gasteiger partial charge in [0.05, 0.1) is 12.8 Å². The second-order valence-corrected chi connectivity index (χ2v) is 5.39. The number of carbonyl (C=O) groups is 1. The van der Waals surface area contributed by atoms with E-state index in [1.807, 2.05) is 54.6 Å². The van der Waals surface area contributed by atoms with Crippen molar-refractivity contribution in [2.45, 2.75) is 4.83 Å². The largest absolute Gasteiger partial charge is 0.468 e. The van der Waals surface area contributed by atoms with Gasteiger partial charge >= 0.3 is 5.97 Å². The summed E-state index contributed by atoms with van der Waals surface area (Å²) in [5.41, 5.74) is 0.815. The molecule has 0 bridgehead atoms. The first-order chi connectivity index (χ1) is 10.2. The molecule has 1 unspecified atom stereocenters. The minimum atomic E-state index is -0.410. The van der Waals surface area contributed by atoms with Crippen LogP contribution in [-0.2, 0) is 9.53 Å². The van der Waals surface area contributed by atoms with Crippen LogP contribution in [0.1, 0.15) is 0 Å². The summed E-state index contributed by atoms with van der Waals surface area (Å²) >= 11 is 3.27. The van der Waals surface area contributed by atoms with Gasteiger partial charge in [0.15, 0.2) is 5.75 Å². The van der Waals surface area contributed by atoms with Crippen LogP contribution in [0.4, 0.5) is 5.69 Å². The summed E-state index contributed by atoms with van der Waals surface area (Å²) in [5, 5.41) is 3.18. The third-order valence-electron chi connectivity index (χ3n) is 2.79. The molecule has 110 valence electrons. The van der Waals surface area contributed by atoms with Crippen molar-refractivity contribution in [2.24, 2.45) is 0 Å². The molecule has 21 heavy (non-hydrogen) atoms. The fourth-order valence-electron chi connectivity index (χ4n) is 1.73. The first kappa shape index (κ1) is 15.4. The number of hydrogen-bond donors (Lipinski definition) is 1. The summed E-state index contributed by atoms with van der Waals surface area (Å²) in [4.78, 5) is 11.0. The Morgan fingerprint density at radius 1 is 1.14 bits per heavy atom. The molecule has 0 aromatic heterocycles. The number of para-hydroxylation sites is 3. The number of benzene rings is 2. The van der Waals surface area contributed by atoms with Crippen molar-refractivity contribution >= 4 is 27.6 Å². The summed E-state index contributed by atoms with van der Waals surface area (Å²) in [7, 11) is 1.36. The molecule has 0 aliphatic rings. The predicted octanol–water partition coefficient (Wildman–Crippen LogP) is 3.83. The first-order valence-electron chi connectivity index (χ1n) is 6.48. The van der Waals surface area contributed by atoms with Gasteiger partial charge in [0, 0.05) is 6.54 Å². The highest BCUT2D eigenvalue weighted by Crippen LogP contribution is 2.29. The first-order valence-corrected chi connectivity index (χ1v) is 7.40. The number of ether oxygens (including phenoxy) is 2. The Hall–Kier alpha value is -2.01. The zero-order valence-corrected chi connectivity index (χ0v) is 13.2. The zero-order chi connectivity index (χ0) is 15.1. The minimum absolute atomic E-state index is 0.316. The fourth-order valence-corrected chi connectivity index (χ4v) is 2.08. The second-order valence-electron chi connectivity index (χ2n) is 4.28. The minimum Gasteiger partial charge on any atom is -0.468 e. The van der Waals surface area contributed by atoms with Gasteiger partial charge in [-0.3, -0.25) is 4.79 Å². The maximum absolute atomic E-state index is 11.4. The molecular formula is C16H16BrNO3. The maximum atomic E-state index is 11.4. The number of anilines is 1. The van der Waals surface area contributed by atoms with Crippen molar-refractivity contribution in [3.63, 3.8) is 0 Å². The Morgan fingerprint density at radius 2 is 1.81 bits per heavy atom. The van der Waals surface area contributed by atoms with Crippen LogP contribution in [-0.4, -0.2) is 24.5 Å². The van der Waals surface area contributed by atoms with Gasteiger partial charge in [-0.05, 0) is 24.3 Å². The molecule has 0 aliphatic heterocycles. The Kier molecular flexibility index (Phi) is 5.63. The van der Waals surface area contributed by atoms with Crippen LogP contribution in [0.15, 0.2) is 54.6 Å². The lowest BCUT2D eigenvalue weighted by Gasteiger charge is -2.14.